The molecule has 9 nitrogen and oxygen atoms in total. The third-order valence-electron chi connectivity index (χ3n) is 2.70. The van der Waals surface area contributed by atoms with E-state index in [1.807, 2.05) is 0 Å². The maximum atomic E-state index is 12.0. The number of rotatable bonds is 8. The summed E-state index contributed by atoms with van der Waals surface area (Å²) in [7, 11) is 0. The Morgan fingerprint density at radius 3 is 1.60 bits per heavy atom. The van der Waals surface area contributed by atoms with Gasteiger partial charge >= 0.3 is 17.1 Å². The highest BCUT2D eigenvalue weighted by Crippen LogP contribution is 1.80. The van der Waals surface area contributed by atoms with E-state index in [4.69, 9.17) is 14.9 Å². The number of aromatic nitrogens is 3. The van der Waals surface area contributed by atoms with Crippen LogP contribution in [-0.4, -0.2) is 50.3 Å². The number of hydrogen-bond acceptors (Lipinski definition) is 6. The summed E-state index contributed by atoms with van der Waals surface area (Å²) >= 11 is 0. The Balaban J connectivity index is 3.38. The third-order valence-corrected chi connectivity index (χ3v) is 2.70. The lowest BCUT2D eigenvalue weighted by molar-refractivity contribution is 0.135. The second-order valence-electron chi connectivity index (χ2n) is 3.95. The molecule has 0 atom stereocenters. The van der Waals surface area contributed by atoms with E-state index in [9.17, 15) is 14.4 Å². The van der Waals surface area contributed by atoms with Crippen LogP contribution in [0.1, 0.15) is 6.92 Å². The number of aliphatic hydroxyl groups is 2. The first kappa shape index (κ1) is 16.3. The van der Waals surface area contributed by atoms with E-state index in [-0.39, 0.29) is 26.2 Å². The molecule has 0 unspecified atom stereocenters. The molecule has 0 aliphatic rings. The lowest BCUT2D eigenvalue weighted by Gasteiger charge is -2.12. The minimum Gasteiger partial charge on any atom is -0.395 e. The topological polar surface area (TPSA) is 116 Å². The first-order chi connectivity index (χ1) is 9.58. The van der Waals surface area contributed by atoms with Crippen LogP contribution in [0.25, 0.3) is 0 Å². The monoisotopic (exact) mass is 289 g/mol. The average molecular weight is 289 g/mol. The van der Waals surface area contributed by atoms with Crippen molar-refractivity contribution in [1.29, 1.82) is 0 Å². The van der Waals surface area contributed by atoms with Crippen molar-refractivity contribution in [2.75, 3.05) is 26.4 Å². The maximum Gasteiger partial charge on any atom is 0.336 e. The molecule has 0 amide bonds. The Labute approximate surface area is 114 Å². The Morgan fingerprint density at radius 2 is 1.25 bits per heavy atom. The first-order valence-corrected chi connectivity index (χ1v) is 6.32. The number of aliphatic hydroxyl groups excluding tert-OH is 2. The molecular weight excluding hydrogens is 270 g/mol. The number of nitrogens with zero attached hydrogens (tertiary/aromatic N) is 3. The number of hydrogen-bond donors (Lipinski definition) is 2. The molecule has 20 heavy (non-hydrogen) atoms. The molecule has 2 N–H and O–H groups in total. The van der Waals surface area contributed by atoms with Crippen LogP contribution in [0.3, 0.4) is 0 Å². The summed E-state index contributed by atoms with van der Waals surface area (Å²) in [6, 6.07) is 0. The molecule has 0 aliphatic heterocycles. The predicted octanol–water partition coefficient (Wildman–Crippen LogP) is -2.81. The van der Waals surface area contributed by atoms with Crippen molar-refractivity contribution in [1.82, 2.24) is 13.7 Å². The highest BCUT2D eigenvalue weighted by Gasteiger charge is 2.14. The molecule has 0 bridgehead atoms. The van der Waals surface area contributed by atoms with Gasteiger partial charge in [-0.05, 0) is 6.92 Å². The summed E-state index contributed by atoms with van der Waals surface area (Å²) in [5, 5.41) is 17.8. The maximum absolute atomic E-state index is 12.0. The van der Waals surface area contributed by atoms with Gasteiger partial charge < -0.3 is 14.9 Å². The van der Waals surface area contributed by atoms with Gasteiger partial charge in [0.1, 0.15) is 0 Å². The quantitative estimate of drug-likeness (QED) is 0.499. The van der Waals surface area contributed by atoms with Crippen molar-refractivity contribution < 1.29 is 14.9 Å². The molecule has 1 heterocycles. The van der Waals surface area contributed by atoms with Crippen molar-refractivity contribution >= 4 is 0 Å². The molecule has 9 heteroatoms. The molecule has 0 radical (unpaired) electrons. The van der Waals surface area contributed by atoms with Crippen LogP contribution < -0.4 is 17.1 Å². The van der Waals surface area contributed by atoms with Gasteiger partial charge in [-0.2, -0.15) is 0 Å². The summed E-state index contributed by atoms with van der Waals surface area (Å²) in [6.07, 6.45) is 0. The minimum absolute atomic E-state index is 0.00262. The van der Waals surface area contributed by atoms with Crippen LogP contribution in [0.2, 0.25) is 0 Å². The van der Waals surface area contributed by atoms with E-state index in [0.29, 0.717) is 6.61 Å². The second kappa shape index (κ2) is 7.78. The minimum atomic E-state index is -0.837. The largest absolute Gasteiger partial charge is 0.395 e. The van der Waals surface area contributed by atoms with Crippen LogP contribution in [0.5, 0.6) is 0 Å². The van der Waals surface area contributed by atoms with E-state index < -0.39 is 30.3 Å². The molecule has 1 aromatic heterocycles. The van der Waals surface area contributed by atoms with E-state index in [2.05, 4.69) is 0 Å². The Hall–Kier alpha value is -1.71. The second-order valence-corrected chi connectivity index (χ2v) is 3.95. The van der Waals surface area contributed by atoms with Gasteiger partial charge in [0, 0.05) is 6.61 Å². The molecule has 1 aromatic rings. The van der Waals surface area contributed by atoms with E-state index in [1.165, 1.54) is 0 Å². The normalized spacial score (nSPS) is 10.9. The molecule has 0 saturated heterocycles. The summed E-state index contributed by atoms with van der Waals surface area (Å²) in [4.78, 5) is 36.0. The fourth-order valence-electron chi connectivity index (χ4n) is 1.76. The van der Waals surface area contributed by atoms with Crippen LogP contribution in [0.4, 0.5) is 0 Å². The molecular formula is C11H19N3O6. The SMILES string of the molecule is CCOCCn1c(=O)n(CCO)c(=O)n(CCO)c1=O. The van der Waals surface area contributed by atoms with Gasteiger partial charge in [0.2, 0.25) is 0 Å². The van der Waals surface area contributed by atoms with E-state index in [0.717, 1.165) is 13.7 Å². The molecule has 0 spiro atoms. The van der Waals surface area contributed by atoms with Crippen molar-refractivity contribution in [3.05, 3.63) is 31.5 Å². The zero-order chi connectivity index (χ0) is 15.1. The molecule has 114 valence electrons. The molecule has 0 aromatic carbocycles. The molecule has 0 saturated carbocycles. The van der Waals surface area contributed by atoms with Gasteiger partial charge in [-0.1, -0.05) is 0 Å². The van der Waals surface area contributed by atoms with Gasteiger partial charge in [-0.15, -0.1) is 0 Å². The van der Waals surface area contributed by atoms with Gasteiger partial charge in [0.15, 0.2) is 0 Å². The van der Waals surface area contributed by atoms with E-state index in [1.54, 1.807) is 6.92 Å². The zero-order valence-corrected chi connectivity index (χ0v) is 11.3. The highest BCUT2D eigenvalue weighted by molar-refractivity contribution is 4.79. The average Bonchev–Trinajstić information content (AvgIpc) is 2.43. The van der Waals surface area contributed by atoms with Crippen molar-refractivity contribution in [2.24, 2.45) is 0 Å². The van der Waals surface area contributed by atoms with Crippen molar-refractivity contribution in [2.45, 2.75) is 26.6 Å². The summed E-state index contributed by atoms with van der Waals surface area (Å²) in [5.41, 5.74) is -2.42. The third kappa shape index (κ3) is 3.44. The zero-order valence-electron chi connectivity index (χ0n) is 11.3. The summed E-state index contributed by atoms with van der Waals surface area (Å²) in [6.45, 7) is 1.14. The summed E-state index contributed by atoms with van der Waals surface area (Å²) in [5.74, 6) is 0. The van der Waals surface area contributed by atoms with E-state index >= 15 is 0 Å². The van der Waals surface area contributed by atoms with Gasteiger partial charge in [0.25, 0.3) is 0 Å². The Morgan fingerprint density at radius 1 is 0.850 bits per heavy atom. The first-order valence-electron chi connectivity index (χ1n) is 6.32. The van der Waals surface area contributed by atoms with Gasteiger partial charge in [-0.25, -0.2) is 28.1 Å². The number of ether oxygens (including phenoxy) is 1. The van der Waals surface area contributed by atoms with Crippen LogP contribution in [-0.2, 0) is 24.4 Å². The fourth-order valence-corrected chi connectivity index (χ4v) is 1.76. The Bertz CT molecular complexity index is 555. The van der Waals surface area contributed by atoms with Gasteiger partial charge in [0.05, 0.1) is 39.5 Å². The van der Waals surface area contributed by atoms with Crippen molar-refractivity contribution in [3.63, 3.8) is 0 Å². The van der Waals surface area contributed by atoms with Crippen molar-refractivity contribution in [3.8, 4) is 0 Å². The predicted molar refractivity (Wildman–Crippen MR) is 69.9 cm³/mol. The standard InChI is InChI=1S/C11H19N3O6/c1-2-20-8-5-14-10(18)12(3-6-15)9(17)13(4-7-16)11(14)19/h15-16H,2-8H2,1H3. The lowest BCUT2D eigenvalue weighted by atomic mass is 10.6. The van der Waals surface area contributed by atoms with Crippen LogP contribution in [0, 0.1) is 0 Å². The van der Waals surface area contributed by atoms with Crippen LogP contribution in [0.15, 0.2) is 14.4 Å². The Kier molecular flexibility index (Phi) is 6.36. The van der Waals surface area contributed by atoms with Crippen LogP contribution >= 0.6 is 0 Å². The summed E-state index contributed by atoms with van der Waals surface area (Å²) < 4.78 is 7.48. The highest BCUT2D eigenvalue weighted by atomic mass is 16.5. The fraction of sp³-hybridized carbons (Fsp3) is 0.727. The smallest absolute Gasteiger partial charge is 0.336 e. The lowest BCUT2D eigenvalue weighted by Crippen LogP contribution is -2.55. The molecule has 0 aliphatic carbocycles. The van der Waals surface area contributed by atoms with Gasteiger partial charge in [-0.3, -0.25) is 0 Å². The molecule has 1 rings (SSSR count). The molecule has 0 fully saturated rings.